The van der Waals surface area contributed by atoms with E-state index in [4.69, 9.17) is 9.05 Å². The summed E-state index contributed by atoms with van der Waals surface area (Å²) in [7, 11) is -3.63. The lowest BCUT2D eigenvalue weighted by Gasteiger charge is -2.04. The summed E-state index contributed by atoms with van der Waals surface area (Å²) in [5, 5.41) is 7.30. The second-order valence-corrected chi connectivity index (χ2v) is 5.73. The largest absolute Gasteiger partial charge is 0.360 e. The van der Waals surface area contributed by atoms with Crippen molar-refractivity contribution in [1.29, 1.82) is 0 Å². The molecule has 2 aromatic rings. The molecule has 0 unspecified atom stereocenters. The first kappa shape index (κ1) is 13.7. The molecule has 0 atom stereocenters. The normalized spacial score (nSPS) is 11.9. The zero-order valence-corrected chi connectivity index (χ0v) is 11.6. The quantitative estimate of drug-likeness (QED) is 0.852. The van der Waals surface area contributed by atoms with Gasteiger partial charge in [0.1, 0.15) is 10.6 Å². The number of aromatic nitrogens is 3. The van der Waals surface area contributed by atoms with Gasteiger partial charge >= 0.3 is 0 Å². The van der Waals surface area contributed by atoms with Gasteiger partial charge in [-0.25, -0.2) is 13.1 Å². The highest BCUT2D eigenvalue weighted by atomic mass is 32.2. The van der Waals surface area contributed by atoms with Crippen LogP contribution in [-0.4, -0.2) is 30.3 Å². The molecule has 8 nitrogen and oxygen atoms in total. The van der Waals surface area contributed by atoms with Gasteiger partial charge in [0.25, 0.3) is 0 Å². The SMILES string of the molecule is Cc1nc(CCNS(=O)(=O)c2c(C)noc2C)no1. The van der Waals surface area contributed by atoms with Gasteiger partial charge in [0.15, 0.2) is 11.6 Å². The fraction of sp³-hybridized carbons (Fsp3) is 0.500. The van der Waals surface area contributed by atoms with Crippen molar-refractivity contribution < 1.29 is 17.5 Å². The lowest BCUT2D eigenvalue weighted by atomic mass is 10.4. The number of rotatable bonds is 5. The Balaban J connectivity index is 2.03. The molecule has 0 aliphatic carbocycles. The predicted octanol–water partition coefficient (Wildman–Crippen LogP) is 0.504. The van der Waals surface area contributed by atoms with Gasteiger partial charge < -0.3 is 9.05 Å². The van der Waals surface area contributed by atoms with Crippen molar-refractivity contribution >= 4 is 10.0 Å². The van der Waals surface area contributed by atoms with Gasteiger partial charge in [-0.2, -0.15) is 4.98 Å². The second-order valence-electron chi connectivity index (χ2n) is 4.03. The summed E-state index contributed by atoms with van der Waals surface area (Å²) in [5.41, 5.74) is 0.334. The summed E-state index contributed by atoms with van der Waals surface area (Å²) >= 11 is 0. The molecule has 2 rings (SSSR count). The maximum absolute atomic E-state index is 12.1. The molecular formula is C10H14N4O4S. The Kier molecular flexibility index (Phi) is 3.67. The van der Waals surface area contributed by atoms with Gasteiger partial charge in [-0.3, -0.25) is 0 Å². The molecule has 1 N–H and O–H groups in total. The van der Waals surface area contributed by atoms with Crippen LogP contribution in [0.4, 0.5) is 0 Å². The molecule has 0 fully saturated rings. The zero-order chi connectivity index (χ0) is 14.0. The molecule has 0 aliphatic heterocycles. The molecular weight excluding hydrogens is 272 g/mol. The van der Waals surface area contributed by atoms with Crippen molar-refractivity contribution in [3.05, 3.63) is 23.2 Å². The van der Waals surface area contributed by atoms with E-state index >= 15 is 0 Å². The molecule has 0 radical (unpaired) electrons. The first-order valence-corrected chi connectivity index (χ1v) is 7.10. The minimum atomic E-state index is -3.63. The molecule has 0 saturated heterocycles. The highest BCUT2D eigenvalue weighted by Crippen LogP contribution is 2.18. The highest BCUT2D eigenvalue weighted by Gasteiger charge is 2.23. The summed E-state index contributed by atoms with van der Waals surface area (Å²) in [5.74, 6) is 1.17. The summed E-state index contributed by atoms with van der Waals surface area (Å²) in [4.78, 5) is 4.07. The highest BCUT2D eigenvalue weighted by molar-refractivity contribution is 7.89. The maximum atomic E-state index is 12.1. The molecule has 0 aliphatic rings. The van der Waals surface area contributed by atoms with E-state index in [1.54, 1.807) is 20.8 Å². The Morgan fingerprint density at radius 2 is 1.89 bits per heavy atom. The van der Waals surface area contributed by atoms with E-state index in [0.29, 0.717) is 23.8 Å². The predicted molar refractivity (Wildman–Crippen MR) is 63.9 cm³/mol. The molecule has 2 aromatic heterocycles. The Morgan fingerprint density at radius 1 is 1.16 bits per heavy atom. The summed E-state index contributed by atoms with van der Waals surface area (Å²) in [6.07, 6.45) is 0.347. The third kappa shape index (κ3) is 2.99. The fourth-order valence-corrected chi connectivity index (χ4v) is 3.03. The number of nitrogens with zero attached hydrogens (tertiary/aromatic N) is 3. The van der Waals surface area contributed by atoms with Gasteiger partial charge in [0.2, 0.25) is 15.9 Å². The average molecular weight is 286 g/mol. The van der Waals surface area contributed by atoms with E-state index in [9.17, 15) is 8.42 Å². The molecule has 0 bridgehead atoms. The van der Waals surface area contributed by atoms with E-state index in [1.807, 2.05) is 0 Å². The van der Waals surface area contributed by atoms with Crippen LogP contribution >= 0.6 is 0 Å². The van der Waals surface area contributed by atoms with Crippen LogP contribution in [0.2, 0.25) is 0 Å². The van der Waals surface area contributed by atoms with E-state index in [-0.39, 0.29) is 17.2 Å². The molecule has 19 heavy (non-hydrogen) atoms. The van der Waals surface area contributed by atoms with Gasteiger partial charge in [0, 0.05) is 19.9 Å². The van der Waals surface area contributed by atoms with Crippen molar-refractivity contribution in [2.24, 2.45) is 0 Å². The number of sulfonamides is 1. The van der Waals surface area contributed by atoms with Crippen molar-refractivity contribution in [3.63, 3.8) is 0 Å². The number of nitrogens with one attached hydrogen (secondary N) is 1. The van der Waals surface area contributed by atoms with Crippen LogP contribution in [0.5, 0.6) is 0 Å². The summed E-state index contributed by atoms with van der Waals surface area (Å²) in [6.45, 7) is 4.97. The third-order valence-electron chi connectivity index (χ3n) is 2.45. The van der Waals surface area contributed by atoms with Gasteiger partial charge in [0.05, 0.1) is 0 Å². The third-order valence-corrected chi connectivity index (χ3v) is 4.15. The molecule has 0 amide bonds. The number of hydrogen-bond acceptors (Lipinski definition) is 7. The lowest BCUT2D eigenvalue weighted by Crippen LogP contribution is -2.27. The Morgan fingerprint density at radius 3 is 2.42 bits per heavy atom. The van der Waals surface area contributed by atoms with E-state index in [1.165, 1.54) is 0 Å². The van der Waals surface area contributed by atoms with Crippen LogP contribution in [0.1, 0.15) is 23.2 Å². The minimum absolute atomic E-state index is 0.0804. The minimum Gasteiger partial charge on any atom is -0.360 e. The molecule has 104 valence electrons. The van der Waals surface area contributed by atoms with Crippen LogP contribution in [0.25, 0.3) is 0 Å². The number of aryl methyl sites for hydroxylation is 3. The smallest absolute Gasteiger partial charge is 0.245 e. The van der Waals surface area contributed by atoms with Crippen LogP contribution < -0.4 is 4.72 Å². The zero-order valence-electron chi connectivity index (χ0n) is 10.8. The fourth-order valence-electron chi connectivity index (χ4n) is 1.67. The average Bonchev–Trinajstić information content (AvgIpc) is 2.86. The van der Waals surface area contributed by atoms with Gasteiger partial charge in [-0.1, -0.05) is 10.3 Å². The van der Waals surface area contributed by atoms with Crippen molar-refractivity contribution in [2.45, 2.75) is 32.1 Å². The monoisotopic (exact) mass is 286 g/mol. The molecule has 2 heterocycles. The summed E-state index contributed by atoms with van der Waals surface area (Å²) < 4.78 is 36.2. The molecule has 0 spiro atoms. The summed E-state index contributed by atoms with van der Waals surface area (Å²) in [6, 6.07) is 0. The van der Waals surface area contributed by atoms with Gasteiger partial charge in [-0.15, -0.1) is 0 Å². The molecule has 0 aromatic carbocycles. The van der Waals surface area contributed by atoms with Crippen molar-refractivity contribution in [3.8, 4) is 0 Å². The molecule has 0 saturated carbocycles. The van der Waals surface area contributed by atoms with E-state index < -0.39 is 10.0 Å². The Hall–Kier alpha value is -1.74. The van der Waals surface area contributed by atoms with E-state index in [0.717, 1.165) is 0 Å². The second kappa shape index (κ2) is 5.10. The van der Waals surface area contributed by atoms with Crippen LogP contribution in [-0.2, 0) is 16.4 Å². The topological polar surface area (TPSA) is 111 Å². The van der Waals surface area contributed by atoms with Crippen LogP contribution in [0, 0.1) is 20.8 Å². The van der Waals surface area contributed by atoms with Crippen LogP contribution in [0.15, 0.2) is 13.9 Å². The Bertz CT molecular complexity index is 654. The van der Waals surface area contributed by atoms with Crippen LogP contribution in [0.3, 0.4) is 0 Å². The standard InChI is InChI=1S/C10H14N4O4S/c1-6-10(7(2)17-13-6)19(15,16)11-5-4-9-12-8(3)18-14-9/h11H,4-5H2,1-3H3. The van der Waals surface area contributed by atoms with Crippen molar-refractivity contribution in [2.75, 3.05) is 6.54 Å². The maximum Gasteiger partial charge on any atom is 0.245 e. The first-order chi connectivity index (χ1) is 8.90. The Labute approximate surface area is 110 Å². The number of hydrogen-bond donors (Lipinski definition) is 1. The lowest BCUT2D eigenvalue weighted by molar-refractivity contribution is 0.387. The first-order valence-electron chi connectivity index (χ1n) is 5.62. The van der Waals surface area contributed by atoms with E-state index in [2.05, 4.69) is 20.0 Å². The van der Waals surface area contributed by atoms with Crippen molar-refractivity contribution in [1.82, 2.24) is 20.0 Å². The molecule has 9 heteroatoms. The van der Waals surface area contributed by atoms with Gasteiger partial charge in [-0.05, 0) is 13.8 Å².